The molecule has 0 aliphatic rings. The minimum absolute atomic E-state index is 0.0292. The molecule has 1 aromatic heterocycles. The maximum Gasteiger partial charge on any atom is 0.135 e. The second-order valence-corrected chi connectivity index (χ2v) is 5.05. The zero-order valence-electron chi connectivity index (χ0n) is 11.9. The predicted molar refractivity (Wildman–Crippen MR) is 78.9 cm³/mol. The molecule has 3 nitrogen and oxygen atoms in total. The van der Waals surface area contributed by atoms with Gasteiger partial charge in [-0.15, -0.1) is 0 Å². The van der Waals surface area contributed by atoms with Crippen molar-refractivity contribution < 1.29 is 5.11 Å². The van der Waals surface area contributed by atoms with Crippen LogP contribution in [0.1, 0.15) is 22.3 Å². The van der Waals surface area contributed by atoms with Gasteiger partial charge in [-0.25, -0.2) is 4.98 Å². The largest absolute Gasteiger partial charge is 0.392 e. The Morgan fingerprint density at radius 1 is 1.05 bits per heavy atom. The highest BCUT2D eigenvalue weighted by Crippen LogP contribution is 2.26. The summed E-state index contributed by atoms with van der Waals surface area (Å²) in [6.07, 6.45) is 1.72. The second-order valence-electron chi connectivity index (χ2n) is 5.05. The van der Waals surface area contributed by atoms with Gasteiger partial charge < -0.3 is 10.0 Å². The third kappa shape index (κ3) is 2.93. The SMILES string of the molecule is Cc1cc(C)cc(N(C)c2ncc(CO)cc2C)c1. The van der Waals surface area contributed by atoms with E-state index in [9.17, 15) is 0 Å². The number of nitrogens with zero attached hydrogens (tertiary/aromatic N) is 2. The summed E-state index contributed by atoms with van der Waals surface area (Å²) >= 11 is 0. The Labute approximate surface area is 114 Å². The average molecular weight is 256 g/mol. The van der Waals surface area contributed by atoms with E-state index in [2.05, 4.69) is 41.9 Å². The summed E-state index contributed by atoms with van der Waals surface area (Å²) in [5.74, 6) is 0.919. The number of hydrogen-bond acceptors (Lipinski definition) is 3. The molecule has 3 heteroatoms. The van der Waals surface area contributed by atoms with Crippen molar-refractivity contribution in [3.8, 4) is 0 Å². The number of aryl methyl sites for hydroxylation is 3. The molecule has 0 atom stereocenters. The lowest BCUT2D eigenvalue weighted by Gasteiger charge is -2.21. The van der Waals surface area contributed by atoms with E-state index in [1.54, 1.807) is 6.20 Å². The first kappa shape index (κ1) is 13.6. The van der Waals surface area contributed by atoms with Gasteiger partial charge in [0.15, 0.2) is 0 Å². The Balaban J connectivity index is 2.40. The van der Waals surface area contributed by atoms with E-state index in [0.717, 1.165) is 22.6 Å². The van der Waals surface area contributed by atoms with Gasteiger partial charge in [-0.3, -0.25) is 0 Å². The smallest absolute Gasteiger partial charge is 0.135 e. The van der Waals surface area contributed by atoms with E-state index in [0.29, 0.717) is 0 Å². The molecule has 0 aliphatic heterocycles. The highest BCUT2D eigenvalue weighted by molar-refractivity contribution is 5.63. The molecule has 0 bridgehead atoms. The van der Waals surface area contributed by atoms with Gasteiger partial charge in [0, 0.05) is 18.9 Å². The molecular formula is C16H20N2O. The minimum Gasteiger partial charge on any atom is -0.392 e. The summed E-state index contributed by atoms with van der Waals surface area (Å²) in [5, 5.41) is 9.13. The van der Waals surface area contributed by atoms with Crippen molar-refractivity contribution in [3.05, 3.63) is 52.7 Å². The van der Waals surface area contributed by atoms with Crippen LogP contribution in [0.3, 0.4) is 0 Å². The molecule has 0 amide bonds. The number of anilines is 2. The molecule has 0 fully saturated rings. The van der Waals surface area contributed by atoms with Crippen LogP contribution in [-0.4, -0.2) is 17.1 Å². The number of pyridine rings is 1. The molecule has 0 aliphatic carbocycles. The molecule has 2 rings (SSSR count). The van der Waals surface area contributed by atoms with E-state index in [-0.39, 0.29) is 6.61 Å². The van der Waals surface area contributed by atoms with Gasteiger partial charge in [0.1, 0.15) is 5.82 Å². The van der Waals surface area contributed by atoms with Gasteiger partial charge in [0.05, 0.1) is 6.61 Å². The van der Waals surface area contributed by atoms with Gasteiger partial charge in [-0.1, -0.05) is 6.07 Å². The van der Waals surface area contributed by atoms with Crippen LogP contribution in [0.15, 0.2) is 30.5 Å². The second kappa shape index (κ2) is 5.41. The summed E-state index contributed by atoms with van der Waals surface area (Å²) in [6, 6.07) is 8.43. The van der Waals surface area contributed by atoms with Crippen molar-refractivity contribution in [2.24, 2.45) is 0 Å². The predicted octanol–water partition coefficient (Wildman–Crippen LogP) is 3.27. The normalized spacial score (nSPS) is 10.6. The van der Waals surface area contributed by atoms with Crippen LogP contribution in [0.2, 0.25) is 0 Å². The lowest BCUT2D eigenvalue weighted by Crippen LogP contribution is -2.13. The summed E-state index contributed by atoms with van der Waals surface area (Å²) < 4.78 is 0. The molecule has 1 N–H and O–H groups in total. The Kier molecular flexibility index (Phi) is 3.86. The van der Waals surface area contributed by atoms with Gasteiger partial charge in [0.25, 0.3) is 0 Å². The van der Waals surface area contributed by atoms with Crippen LogP contribution in [0.5, 0.6) is 0 Å². The number of benzene rings is 1. The van der Waals surface area contributed by atoms with Crippen molar-refractivity contribution in [1.82, 2.24) is 4.98 Å². The first-order valence-electron chi connectivity index (χ1n) is 6.39. The van der Waals surface area contributed by atoms with E-state index in [4.69, 9.17) is 5.11 Å². The molecule has 1 aromatic carbocycles. The Morgan fingerprint density at radius 2 is 1.68 bits per heavy atom. The summed E-state index contributed by atoms with van der Waals surface area (Å²) in [6.45, 7) is 6.24. The third-order valence-corrected chi connectivity index (χ3v) is 3.20. The molecular weight excluding hydrogens is 236 g/mol. The van der Waals surface area contributed by atoms with Crippen molar-refractivity contribution in [2.45, 2.75) is 27.4 Å². The van der Waals surface area contributed by atoms with Crippen LogP contribution in [0, 0.1) is 20.8 Å². The fourth-order valence-electron chi connectivity index (χ4n) is 2.33. The molecule has 1 heterocycles. The molecule has 100 valence electrons. The fourth-order valence-corrected chi connectivity index (χ4v) is 2.33. The highest BCUT2D eigenvalue weighted by Gasteiger charge is 2.10. The van der Waals surface area contributed by atoms with Gasteiger partial charge in [0.2, 0.25) is 0 Å². The van der Waals surface area contributed by atoms with E-state index in [1.165, 1.54) is 11.1 Å². The van der Waals surface area contributed by atoms with Crippen molar-refractivity contribution >= 4 is 11.5 Å². The summed E-state index contributed by atoms with van der Waals surface area (Å²) in [5.41, 5.74) is 5.52. The fraction of sp³-hybridized carbons (Fsp3) is 0.312. The number of hydrogen-bond donors (Lipinski definition) is 1. The molecule has 2 aromatic rings. The topological polar surface area (TPSA) is 36.4 Å². The monoisotopic (exact) mass is 256 g/mol. The van der Waals surface area contributed by atoms with Crippen LogP contribution in [-0.2, 0) is 6.61 Å². The summed E-state index contributed by atoms with van der Waals surface area (Å²) in [4.78, 5) is 6.53. The Bertz CT molecular complexity index is 573. The lowest BCUT2D eigenvalue weighted by molar-refractivity contribution is 0.281. The van der Waals surface area contributed by atoms with E-state index >= 15 is 0 Å². The standard InChI is InChI=1S/C16H20N2O/c1-11-5-12(2)7-15(6-11)18(4)16-13(3)8-14(10-19)9-17-16/h5-9,19H,10H2,1-4H3. The molecule has 0 unspecified atom stereocenters. The number of rotatable bonds is 3. The van der Waals surface area contributed by atoms with Gasteiger partial charge in [-0.2, -0.15) is 0 Å². The quantitative estimate of drug-likeness (QED) is 0.915. The molecule has 19 heavy (non-hydrogen) atoms. The van der Waals surface area contributed by atoms with Crippen LogP contribution in [0.4, 0.5) is 11.5 Å². The zero-order valence-corrected chi connectivity index (χ0v) is 11.9. The molecule has 0 saturated carbocycles. The van der Waals surface area contributed by atoms with Crippen molar-refractivity contribution in [2.75, 3.05) is 11.9 Å². The Morgan fingerprint density at radius 3 is 2.21 bits per heavy atom. The van der Waals surface area contributed by atoms with Crippen molar-refractivity contribution in [3.63, 3.8) is 0 Å². The average Bonchev–Trinajstić information content (AvgIpc) is 2.36. The van der Waals surface area contributed by atoms with Crippen molar-refractivity contribution in [1.29, 1.82) is 0 Å². The number of aliphatic hydroxyl groups is 1. The van der Waals surface area contributed by atoms with Gasteiger partial charge in [-0.05, 0) is 61.2 Å². The first-order valence-corrected chi connectivity index (χ1v) is 6.39. The maximum atomic E-state index is 9.13. The number of aromatic nitrogens is 1. The molecule has 0 saturated heterocycles. The van der Waals surface area contributed by atoms with Crippen LogP contribution < -0.4 is 4.90 Å². The highest BCUT2D eigenvalue weighted by atomic mass is 16.3. The number of aliphatic hydroxyl groups excluding tert-OH is 1. The summed E-state index contributed by atoms with van der Waals surface area (Å²) in [7, 11) is 2.02. The van der Waals surface area contributed by atoms with E-state index in [1.807, 2.05) is 20.0 Å². The Hall–Kier alpha value is -1.87. The molecule has 0 spiro atoms. The van der Waals surface area contributed by atoms with Gasteiger partial charge >= 0.3 is 0 Å². The van der Waals surface area contributed by atoms with E-state index < -0.39 is 0 Å². The first-order chi connectivity index (χ1) is 9.01. The minimum atomic E-state index is 0.0292. The molecule has 0 radical (unpaired) electrons. The van der Waals surface area contributed by atoms with Crippen LogP contribution >= 0.6 is 0 Å². The third-order valence-electron chi connectivity index (χ3n) is 3.20. The lowest BCUT2D eigenvalue weighted by atomic mass is 10.1. The maximum absolute atomic E-state index is 9.13. The van der Waals surface area contributed by atoms with Crippen LogP contribution in [0.25, 0.3) is 0 Å². The zero-order chi connectivity index (χ0) is 14.0.